The zero-order valence-electron chi connectivity index (χ0n) is 12.5. The number of nitrogens with zero attached hydrogens (tertiary/aromatic N) is 1. The van der Waals surface area contributed by atoms with Gasteiger partial charge in [0.15, 0.2) is 0 Å². The van der Waals surface area contributed by atoms with E-state index in [1.165, 1.54) is 11.4 Å². The second kappa shape index (κ2) is 6.12. The molecule has 0 radical (unpaired) electrons. The number of benzene rings is 1. The topological polar surface area (TPSA) is 94.3 Å². The Kier molecular flexibility index (Phi) is 4.33. The van der Waals surface area contributed by atoms with Crippen LogP contribution in [0.15, 0.2) is 29.3 Å². The number of rotatable bonds is 3. The van der Waals surface area contributed by atoms with Crippen LogP contribution in [0.1, 0.15) is 0 Å². The fraction of sp³-hybridized carbons (Fsp3) is 0.357. The number of piperazine rings is 1. The maximum atomic E-state index is 12.8. The molecule has 0 saturated carbocycles. The number of H-pyrrole nitrogens is 1. The molecule has 1 aromatic heterocycles. The third kappa shape index (κ3) is 3.07. The molecule has 2 heterocycles. The Balaban J connectivity index is 1.91. The van der Waals surface area contributed by atoms with E-state index < -0.39 is 16.1 Å². The van der Waals surface area contributed by atoms with Gasteiger partial charge >= 0.3 is 0 Å². The van der Waals surface area contributed by atoms with Crippen molar-refractivity contribution in [1.82, 2.24) is 19.9 Å². The van der Waals surface area contributed by atoms with Crippen LogP contribution in [0.5, 0.6) is 0 Å². The first-order chi connectivity index (χ1) is 10.9. The molecule has 1 fully saturated rings. The van der Waals surface area contributed by atoms with Gasteiger partial charge in [-0.2, -0.15) is 4.31 Å². The summed E-state index contributed by atoms with van der Waals surface area (Å²) in [7, 11) is -2.17. The van der Waals surface area contributed by atoms with E-state index in [-0.39, 0.29) is 17.5 Å². The van der Waals surface area contributed by atoms with Gasteiger partial charge in [-0.3, -0.25) is 4.79 Å². The normalized spacial score (nSPS) is 19.8. The highest BCUT2D eigenvalue weighted by atomic mass is 35.5. The number of amides is 1. The van der Waals surface area contributed by atoms with Crippen LogP contribution >= 0.6 is 11.6 Å². The third-order valence-corrected chi connectivity index (χ3v) is 5.90. The van der Waals surface area contributed by atoms with Crippen LogP contribution in [-0.2, 0) is 14.8 Å². The number of fused-ring (bicyclic) bond motifs is 1. The summed E-state index contributed by atoms with van der Waals surface area (Å²) in [6, 6.07) is 6.15. The van der Waals surface area contributed by atoms with Gasteiger partial charge < -0.3 is 15.6 Å². The van der Waals surface area contributed by atoms with E-state index in [0.29, 0.717) is 23.6 Å². The maximum Gasteiger partial charge on any atom is 0.258 e. The second-order valence-corrected chi connectivity index (χ2v) is 7.69. The van der Waals surface area contributed by atoms with Crippen LogP contribution in [-0.4, -0.2) is 56.3 Å². The summed E-state index contributed by atoms with van der Waals surface area (Å²) in [4.78, 5) is 14.6. The number of sulfonamides is 1. The number of aromatic amines is 1. The van der Waals surface area contributed by atoms with Crippen molar-refractivity contribution in [2.45, 2.75) is 11.1 Å². The molecule has 0 aliphatic carbocycles. The van der Waals surface area contributed by atoms with Gasteiger partial charge in [-0.1, -0.05) is 11.6 Å². The van der Waals surface area contributed by atoms with Gasteiger partial charge in [0, 0.05) is 42.6 Å². The standard InChI is InChI=1S/C14H17ClN4O3S/c1-16-14(20)12-8-19(5-4-17-12)23(21,22)13-7-9-6-10(15)2-3-11(9)18-13/h2-3,6-7,12,17-18H,4-5,8H2,1H3,(H,16,20). The molecule has 1 saturated heterocycles. The lowest BCUT2D eigenvalue weighted by molar-refractivity contribution is -0.123. The summed E-state index contributed by atoms with van der Waals surface area (Å²) < 4.78 is 26.9. The molecule has 23 heavy (non-hydrogen) atoms. The Morgan fingerprint density at radius 1 is 1.39 bits per heavy atom. The minimum atomic E-state index is -3.70. The van der Waals surface area contributed by atoms with E-state index in [1.54, 1.807) is 24.3 Å². The highest BCUT2D eigenvalue weighted by Gasteiger charge is 2.33. The second-order valence-electron chi connectivity index (χ2n) is 5.35. The van der Waals surface area contributed by atoms with Gasteiger partial charge in [-0.25, -0.2) is 8.42 Å². The number of likely N-dealkylation sites (N-methyl/N-ethyl adjacent to an activating group) is 1. The largest absolute Gasteiger partial charge is 0.358 e. The first kappa shape index (κ1) is 16.3. The molecule has 3 N–H and O–H groups in total. The molecule has 9 heteroatoms. The van der Waals surface area contributed by atoms with Gasteiger partial charge in [0.05, 0.1) is 0 Å². The monoisotopic (exact) mass is 356 g/mol. The molecular formula is C14H17ClN4O3S. The van der Waals surface area contributed by atoms with E-state index in [4.69, 9.17) is 11.6 Å². The highest BCUT2D eigenvalue weighted by molar-refractivity contribution is 7.89. The van der Waals surface area contributed by atoms with Crippen LogP contribution in [0.25, 0.3) is 10.9 Å². The molecule has 1 aliphatic rings. The van der Waals surface area contributed by atoms with Crippen LogP contribution in [0.2, 0.25) is 5.02 Å². The molecule has 0 bridgehead atoms. The summed E-state index contributed by atoms with van der Waals surface area (Å²) in [6.45, 7) is 0.827. The summed E-state index contributed by atoms with van der Waals surface area (Å²) in [6.07, 6.45) is 0. The number of aromatic nitrogens is 1. The van der Waals surface area contributed by atoms with Crippen LogP contribution < -0.4 is 10.6 Å². The van der Waals surface area contributed by atoms with Gasteiger partial charge in [0.25, 0.3) is 10.0 Å². The number of hydrogen-bond donors (Lipinski definition) is 3. The van der Waals surface area contributed by atoms with E-state index in [1.807, 2.05) is 0 Å². The number of carbonyl (C=O) groups excluding carboxylic acids is 1. The zero-order valence-corrected chi connectivity index (χ0v) is 14.0. The molecule has 0 spiro atoms. The number of hydrogen-bond acceptors (Lipinski definition) is 4. The molecule has 1 unspecified atom stereocenters. The van der Waals surface area contributed by atoms with Gasteiger partial charge in [-0.05, 0) is 24.3 Å². The molecule has 1 aromatic carbocycles. The fourth-order valence-electron chi connectivity index (χ4n) is 2.65. The summed E-state index contributed by atoms with van der Waals surface area (Å²) in [5.74, 6) is -0.228. The SMILES string of the molecule is CNC(=O)C1CN(S(=O)(=O)c2cc3cc(Cl)ccc3[nH]2)CCN1. The summed E-state index contributed by atoms with van der Waals surface area (Å²) in [5.41, 5.74) is 0.700. The van der Waals surface area contributed by atoms with Crippen LogP contribution in [0.4, 0.5) is 0 Å². The van der Waals surface area contributed by atoms with Crippen molar-refractivity contribution in [3.8, 4) is 0 Å². The molecule has 3 rings (SSSR count). The number of nitrogens with one attached hydrogen (secondary N) is 3. The Bertz CT molecular complexity index is 849. The fourth-order valence-corrected chi connectivity index (χ4v) is 4.30. The van der Waals surface area contributed by atoms with Crippen molar-refractivity contribution in [2.24, 2.45) is 0 Å². The smallest absolute Gasteiger partial charge is 0.258 e. The van der Waals surface area contributed by atoms with Gasteiger partial charge in [0.2, 0.25) is 5.91 Å². The van der Waals surface area contributed by atoms with Gasteiger partial charge in [0.1, 0.15) is 11.1 Å². The molecule has 1 aliphatic heterocycles. The molecule has 1 atom stereocenters. The van der Waals surface area contributed by atoms with E-state index >= 15 is 0 Å². The summed E-state index contributed by atoms with van der Waals surface area (Å²) >= 11 is 5.93. The number of carbonyl (C=O) groups is 1. The van der Waals surface area contributed by atoms with Crippen LogP contribution in [0.3, 0.4) is 0 Å². The van der Waals surface area contributed by atoms with Crippen molar-refractivity contribution in [3.63, 3.8) is 0 Å². The molecule has 2 aromatic rings. The zero-order chi connectivity index (χ0) is 16.6. The lowest BCUT2D eigenvalue weighted by atomic mass is 10.2. The molecule has 124 valence electrons. The lowest BCUT2D eigenvalue weighted by Gasteiger charge is -2.31. The van der Waals surface area contributed by atoms with Crippen LogP contribution in [0, 0.1) is 0 Å². The number of halogens is 1. The minimum Gasteiger partial charge on any atom is -0.358 e. The Labute approximate surface area is 139 Å². The lowest BCUT2D eigenvalue weighted by Crippen LogP contribution is -2.57. The Morgan fingerprint density at radius 3 is 2.91 bits per heavy atom. The molecule has 7 nitrogen and oxygen atoms in total. The highest BCUT2D eigenvalue weighted by Crippen LogP contribution is 2.24. The predicted molar refractivity (Wildman–Crippen MR) is 87.9 cm³/mol. The molecular weight excluding hydrogens is 340 g/mol. The van der Waals surface area contributed by atoms with E-state index in [9.17, 15) is 13.2 Å². The van der Waals surface area contributed by atoms with E-state index in [0.717, 1.165) is 5.39 Å². The average Bonchev–Trinajstić information content (AvgIpc) is 2.98. The Hall–Kier alpha value is -1.61. The maximum absolute atomic E-state index is 12.8. The Morgan fingerprint density at radius 2 is 2.17 bits per heavy atom. The quantitative estimate of drug-likeness (QED) is 0.747. The van der Waals surface area contributed by atoms with E-state index in [2.05, 4.69) is 15.6 Å². The predicted octanol–water partition coefficient (Wildman–Crippen LogP) is 0.530. The van der Waals surface area contributed by atoms with Crippen molar-refractivity contribution < 1.29 is 13.2 Å². The first-order valence-electron chi connectivity index (χ1n) is 7.15. The third-order valence-electron chi connectivity index (χ3n) is 3.88. The average molecular weight is 357 g/mol. The van der Waals surface area contributed by atoms with Gasteiger partial charge in [-0.15, -0.1) is 0 Å². The summed E-state index contributed by atoms with van der Waals surface area (Å²) in [5, 5.41) is 6.92. The van der Waals surface area contributed by atoms with Crippen molar-refractivity contribution in [1.29, 1.82) is 0 Å². The first-order valence-corrected chi connectivity index (χ1v) is 8.97. The van der Waals surface area contributed by atoms with Crippen molar-refractivity contribution in [3.05, 3.63) is 29.3 Å². The minimum absolute atomic E-state index is 0.0954. The van der Waals surface area contributed by atoms with Crippen molar-refractivity contribution in [2.75, 3.05) is 26.7 Å². The molecule has 1 amide bonds. The van der Waals surface area contributed by atoms with Crippen molar-refractivity contribution >= 4 is 38.4 Å².